The van der Waals surface area contributed by atoms with E-state index >= 15 is 0 Å². The summed E-state index contributed by atoms with van der Waals surface area (Å²) in [6, 6.07) is 14.8. The molecule has 1 aliphatic carbocycles. The van der Waals surface area contributed by atoms with Gasteiger partial charge in [0.25, 0.3) is 0 Å². The molecule has 1 aliphatic rings. The summed E-state index contributed by atoms with van der Waals surface area (Å²) in [5.74, 6) is 0.671. The van der Waals surface area contributed by atoms with Crippen molar-refractivity contribution in [3.8, 4) is 0 Å². The zero-order chi connectivity index (χ0) is 15.7. The third-order valence-electron chi connectivity index (χ3n) is 4.57. The lowest BCUT2D eigenvalue weighted by Gasteiger charge is -2.18. The molecule has 1 saturated carbocycles. The van der Waals surface area contributed by atoms with Crippen LogP contribution >= 0.6 is 0 Å². The first-order chi connectivity index (χ1) is 10.6. The number of carbonyl (C=O) groups excluding carboxylic acids is 1. The molecule has 2 aromatic rings. The summed E-state index contributed by atoms with van der Waals surface area (Å²) < 4.78 is 0. The highest BCUT2D eigenvalue weighted by Gasteiger charge is 2.45. The number of fused-ring (bicyclic) bond motifs is 1. The van der Waals surface area contributed by atoms with Crippen molar-refractivity contribution in [1.29, 1.82) is 0 Å². The molecule has 22 heavy (non-hydrogen) atoms. The molecule has 0 aliphatic heterocycles. The van der Waals surface area contributed by atoms with Crippen molar-refractivity contribution in [1.82, 2.24) is 4.90 Å². The molecular formula is C19H23NO2. The first-order valence-electron chi connectivity index (χ1n) is 7.98. The molecule has 3 heteroatoms. The Balaban J connectivity index is 1.66. The van der Waals surface area contributed by atoms with Crippen molar-refractivity contribution < 1.29 is 9.90 Å². The van der Waals surface area contributed by atoms with E-state index in [-0.39, 0.29) is 17.9 Å². The van der Waals surface area contributed by atoms with E-state index < -0.39 is 0 Å². The number of amides is 1. The molecule has 0 saturated heterocycles. The van der Waals surface area contributed by atoms with Gasteiger partial charge in [-0.1, -0.05) is 42.5 Å². The van der Waals surface area contributed by atoms with E-state index in [1.807, 2.05) is 19.2 Å². The molecule has 0 aromatic heterocycles. The third kappa shape index (κ3) is 3.14. The van der Waals surface area contributed by atoms with Crippen molar-refractivity contribution in [3.05, 3.63) is 48.0 Å². The van der Waals surface area contributed by atoms with Gasteiger partial charge in [0.2, 0.25) is 5.91 Å². The largest absolute Gasteiger partial charge is 0.393 e. The summed E-state index contributed by atoms with van der Waals surface area (Å²) in [7, 11) is 1.83. The summed E-state index contributed by atoms with van der Waals surface area (Å²) in [6.45, 7) is 2.38. The first kappa shape index (κ1) is 15.0. The molecule has 0 heterocycles. The Morgan fingerprint density at radius 3 is 2.73 bits per heavy atom. The molecule has 116 valence electrons. The van der Waals surface area contributed by atoms with E-state index in [0.29, 0.717) is 18.9 Å². The van der Waals surface area contributed by atoms with E-state index in [0.717, 1.165) is 6.42 Å². The Morgan fingerprint density at radius 2 is 2.00 bits per heavy atom. The highest BCUT2D eigenvalue weighted by molar-refractivity contribution is 5.85. The van der Waals surface area contributed by atoms with Crippen LogP contribution in [-0.4, -0.2) is 35.6 Å². The molecule has 3 atom stereocenters. The number of benzene rings is 2. The quantitative estimate of drug-likeness (QED) is 0.921. The SMILES string of the molecule is CC(O)CCN(C)C(=O)C1CC1c1ccc2ccccc2c1. The maximum absolute atomic E-state index is 12.4. The van der Waals surface area contributed by atoms with Gasteiger partial charge >= 0.3 is 0 Å². The summed E-state index contributed by atoms with van der Waals surface area (Å²) in [6.07, 6.45) is 1.22. The lowest BCUT2D eigenvalue weighted by Crippen LogP contribution is -2.31. The summed E-state index contributed by atoms with van der Waals surface area (Å²) in [5, 5.41) is 11.8. The van der Waals surface area contributed by atoms with Crippen LogP contribution in [0.2, 0.25) is 0 Å². The van der Waals surface area contributed by atoms with E-state index in [1.54, 1.807) is 11.8 Å². The highest BCUT2D eigenvalue weighted by Crippen LogP contribution is 2.48. The van der Waals surface area contributed by atoms with E-state index in [4.69, 9.17) is 0 Å². The lowest BCUT2D eigenvalue weighted by molar-refractivity contribution is -0.131. The summed E-state index contributed by atoms with van der Waals surface area (Å²) >= 11 is 0. The Bertz CT molecular complexity index is 680. The fraction of sp³-hybridized carbons (Fsp3) is 0.421. The summed E-state index contributed by atoms with van der Waals surface area (Å²) in [4.78, 5) is 14.2. The zero-order valence-electron chi connectivity index (χ0n) is 13.2. The second-order valence-electron chi connectivity index (χ2n) is 6.45. The van der Waals surface area contributed by atoms with E-state index in [1.165, 1.54) is 16.3 Å². The predicted molar refractivity (Wildman–Crippen MR) is 88.7 cm³/mol. The molecule has 3 unspecified atom stereocenters. The van der Waals surface area contributed by atoms with Gasteiger partial charge in [0.1, 0.15) is 0 Å². The van der Waals surface area contributed by atoms with Gasteiger partial charge in [-0.2, -0.15) is 0 Å². The molecular weight excluding hydrogens is 274 g/mol. The van der Waals surface area contributed by atoms with Crippen molar-refractivity contribution in [3.63, 3.8) is 0 Å². The van der Waals surface area contributed by atoms with Gasteiger partial charge in [0.05, 0.1) is 6.10 Å². The molecule has 0 spiro atoms. The van der Waals surface area contributed by atoms with Crippen molar-refractivity contribution in [2.75, 3.05) is 13.6 Å². The van der Waals surface area contributed by atoms with Crippen LogP contribution in [0.5, 0.6) is 0 Å². The smallest absolute Gasteiger partial charge is 0.226 e. The van der Waals surface area contributed by atoms with Crippen LogP contribution in [0.4, 0.5) is 0 Å². The van der Waals surface area contributed by atoms with Crippen molar-refractivity contribution >= 4 is 16.7 Å². The number of aliphatic hydroxyl groups excluding tert-OH is 1. The van der Waals surface area contributed by atoms with Crippen LogP contribution in [-0.2, 0) is 4.79 Å². The van der Waals surface area contributed by atoms with Gasteiger partial charge in [0.15, 0.2) is 0 Å². The molecule has 2 aromatic carbocycles. The van der Waals surface area contributed by atoms with Gasteiger partial charge in [-0.05, 0) is 42.0 Å². The maximum Gasteiger partial charge on any atom is 0.226 e. The Morgan fingerprint density at radius 1 is 1.27 bits per heavy atom. The molecule has 1 fully saturated rings. The normalized spacial score (nSPS) is 21.6. The Kier molecular flexibility index (Phi) is 4.16. The average molecular weight is 297 g/mol. The third-order valence-corrected chi connectivity index (χ3v) is 4.57. The van der Waals surface area contributed by atoms with Crippen LogP contribution in [0.15, 0.2) is 42.5 Å². The minimum absolute atomic E-state index is 0.111. The minimum atomic E-state index is -0.356. The van der Waals surface area contributed by atoms with E-state index in [2.05, 4.69) is 30.3 Å². The number of hydrogen-bond donors (Lipinski definition) is 1. The highest BCUT2D eigenvalue weighted by atomic mass is 16.3. The number of nitrogens with zero attached hydrogens (tertiary/aromatic N) is 1. The predicted octanol–water partition coefficient (Wildman–Crippen LogP) is 3.17. The number of aliphatic hydroxyl groups is 1. The molecule has 0 radical (unpaired) electrons. The maximum atomic E-state index is 12.4. The second kappa shape index (κ2) is 6.09. The lowest BCUT2D eigenvalue weighted by atomic mass is 10.0. The standard InChI is InChI=1S/C19H23NO2/c1-13(21)9-10-20(2)19(22)18-12-17(18)16-8-7-14-5-3-4-6-15(14)11-16/h3-8,11,13,17-18,21H,9-10,12H2,1-2H3. The fourth-order valence-electron chi connectivity index (χ4n) is 3.05. The number of carbonyl (C=O) groups is 1. The topological polar surface area (TPSA) is 40.5 Å². The van der Waals surface area contributed by atoms with Crippen LogP contribution in [0.1, 0.15) is 31.2 Å². The average Bonchev–Trinajstić information content (AvgIpc) is 3.32. The second-order valence-corrected chi connectivity index (χ2v) is 6.45. The molecule has 1 N–H and O–H groups in total. The Hall–Kier alpha value is -1.87. The van der Waals surface area contributed by atoms with Crippen LogP contribution in [0, 0.1) is 5.92 Å². The fourth-order valence-corrected chi connectivity index (χ4v) is 3.05. The summed E-state index contributed by atoms with van der Waals surface area (Å²) in [5.41, 5.74) is 1.26. The van der Waals surface area contributed by atoms with Crippen molar-refractivity contribution in [2.45, 2.75) is 31.8 Å². The monoisotopic (exact) mass is 297 g/mol. The van der Waals surface area contributed by atoms with Gasteiger partial charge in [0, 0.05) is 19.5 Å². The van der Waals surface area contributed by atoms with Gasteiger partial charge in [-0.3, -0.25) is 4.79 Å². The number of hydrogen-bond acceptors (Lipinski definition) is 2. The molecule has 1 amide bonds. The van der Waals surface area contributed by atoms with Crippen molar-refractivity contribution in [2.24, 2.45) is 5.92 Å². The zero-order valence-corrected chi connectivity index (χ0v) is 13.2. The van der Waals surface area contributed by atoms with Crippen LogP contribution in [0.3, 0.4) is 0 Å². The van der Waals surface area contributed by atoms with Gasteiger partial charge < -0.3 is 10.0 Å². The van der Waals surface area contributed by atoms with Gasteiger partial charge in [-0.15, -0.1) is 0 Å². The molecule has 3 nitrogen and oxygen atoms in total. The molecule has 3 rings (SSSR count). The first-order valence-corrected chi connectivity index (χ1v) is 7.98. The minimum Gasteiger partial charge on any atom is -0.393 e. The van der Waals surface area contributed by atoms with Crippen LogP contribution in [0.25, 0.3) is 10.8 Å². The molecule has 0 bridgehead atoms. The van der Waals surface area contributed by atoms with Crippen LogP contribution < -0.4 is 0 Å². The van der Waals surface area contributed by atoms with Gasteiger partial charge in [-0.25, -0.2) is 0 Å². The Labute approximate surface area is 131 Å². The number of rotatable bonds is 5. The van der Waals surface area contributed by atoms with E-state index in [9.17, 15) is 9.90 Å².